The van der Waals surface area contributed by atoms with Gasteiger partial charge in [0.15, 0.2) is 0 Å². The van der Waals surface area contributed by atoms with E-state index in [1.54, 1.807) is 22.6 Å². The Bertz CT molecular complexity index is 455. The smallest absolute Gasteiger partial charge is 0.293 e. The molecule has 0 saturated carbocycles. The first-order chi connectivity index (χ1) is 8.91. The van der Waals surface area contributed by atoms with Crippen LogP contribution in [0.3, 0.4) is 0 Å². The molecule has 1 N–H and O–H groups in total. The normalized spacial score (nSPS) is 10.8. The van der Waals surface area contributed by atoms with Gasteiger partial charge in [0.05, 0.1) is 8.49 Å². The van der Waals surface area contributed by atoms with Crippen molar-refractivity contribution in [2.24, 2.45) is 0 Å². The van der Waals surface area contributed by atoms with Crippen molar-refractivity contribution in [3.8, 4) is 0 Å². The number of benzene rings is 1. The number of hydrogen-bond donors (Lipinski definition) is 1. The third-order valence-electron chi connectivity index (χ3n) is 2.58. The molecule has 0 aromatic heterocycles. The SMILES string of the molecule is CN(C)CCCCNc1cc(F)c(I)cc1[N+](=O)[O-]. The van der Waals surface area contributed by atoms with Crippen LogP contribution in [-0.4, -0.2) is 37.0 Å². The first-order valence-corrected chi connectivity index (χ1v) is 7.01. The van der Waals surface area contributed by atoms with Crippen LogP contribution in [0.15, 0.2) is 12.1 Å². The van der Waals surface area contributed by atoms with Gasteiger partial charge in [-0.15, -0.1) is 0 Å². The van der Waals surface area contributed by atoms with Gasteiger partial charge in [-0.25, -0.2) is 4.39 Å². The maximum atomic E-state index is 13.4. The molecule has 0 fully saturated rings. The zero-order valence-corrected chi connectivity index (χ0v) is 13.1. The van der Waals surface area contributed by atoms with Crippen LogP contribution in [0, 0.1) is 19.5 Å². The molecule has 106 valence electrons. The Labute approximate surface area is 125 Å². The summed E-state index contributed by atoms with van der Waals surface area (Å²) in [7, 11) is 3.99. The number of nitro groups is 1. The zero-order chi connectivity index (χ0) is 14.4. The van der Waals surface area contributed by atoms with E-state index in [1.165, 1.54) is 12.1 Å². The molecule has 0 saturated heterocycles. The van der Waals surface area contributed by atoms with Gasteiger partial charge in [0, 0.05) is 18.7 Å². The zero-order valence-electron chi connectivity index (χ0n) is 10.9. The van der Waals surface area contributed by atoms with Crippen LogP contribution in [0.25, 0.3) is 0 Å². The number of unbranched alkanes of at least 4 members (excludes halogenated alkanes) is 1. The molecule has 1 aromatic rings. The highest BCUT2D eigenvalue weighted by Crippen LogP contribution is 2.28. The highest BCUT2D eigenvalue weighted by molar-refractivity contribution is 14.1. The lowest BCUT2D eigenvalue weighted by molar-refractivity contribution is -0.384. The third-order valence-corrected chi connectivity index (χ3v) is 3.41. The predicted molar refractivity (Wildman–Crippen MR) is 82.0 cm³/mol. The standard InChI is InChI=1S/C12H17FIN3O2/c1-16(2)6-4-3-5-15-11-7-9(13)10(14)8-12(11)17(18)19/h7-8,15H,3-6H2,1-2H3. The fraction of sp³-hybridized carbons (Fsp3) is 0.500. The first kappa shape index (κ1) is 16.1. The number of nitro benzene ring substituents is 1. The van der Waals surface area contributed by atoms with Crippen LogP contribution >= 0.6 is 22.6 Å². The van der Waals surface area contributed by atoms with E-state index in [0.717, 1.165) is 19.4 Å². The summed E-state index contributed by atoms with van der Waals surface area (Å²) in [4.78, 5) is 12.5. The molecule has 1 aromatic carbocycles. The Morgan fingerprint density at radius 3 is 2.68 bits per heavy atom. The minimum absolute atomic E-state index is 0.0848. The summed E-state index contributed by atoms with van der Waals surface area (Å²) in [5.41, 5.74) is 0.158. The fourth-order valence-corrected chi connectivity index (χ4v) is 2.06. The summed E-state index contributed by atoms with van der Waals surface area (Å²) in [6, 6.07) is 2.43. The summed E-state index contributed by atoms with van der Waals surface area (Å²) in [5, 5.41) is 13.8. The molecule has 0 spiro atoms. The largest absolute Gasteiger partial charge is 0.379 e. The highest BCUT2D eigenvalue weighted by Gasteiger charge is 2.16. The van der Waals surface area contributed by atoms with Gasteiger partial charge in [0.1, 0.15) is 11.5 Å². The maximum absolute atomic E-state index is 13.4. The second-order valence-corrected chi connectivity index (χ2v) is 5.64. The number of nitrogens with one attached hydrogen (secondary N) is 1. The predicted octanol–water partition coefficient (Wildman–Crippen LogP) is 3.09. The van der Waals surface area contributed by atoms with Crippen LogP contribution in [0.2, 0.25) is 0 Å². The summed E-state index contributed by atoms with van der Waals surface area (Å²) < 4.78 is 13.7. The average Bonchev–Trinajstić information content (AvgIpc) is 2.32. The van der Waals surface area contributed by atoms with Crippen LogP contribution in [0.5, 0.6) is 0 Å². The Hall–Kier alpha value is -0.960. The van der Waals surface area contributed by atoms with Gasteiger partial charge in [-0.3, -0.25) is 10.1 Å². The molecule has 0 aliphatic rings. The summed E-state index contributed by atoms with van der Waals surface area (Å²) in [6.45, 7) is 1.56. The topological polar surface area (TPSA) is 58.4 Å². The van der Waals surface area contributed by atoms with Crippen molar-refractivity contribution in [3.63, 3.8) is 0 Å². The first-order valence-electron chi connectivity index (χ1n) is 5.94. The summed E-state index contributed by atoms with van der Waals surface area (Å²) in [6.07, 6.45) is 1.86. The summed E-state index contributed by atoms with van der Waals surface area (Å²) in [5.74, 6) is -0.443. The summed E-state index contributed by atoms with van der Waals surface area (Å²) >= 11 is 1.75. The molecule has 0 unspecified atom stereocenters. The average molecular weight is 381 g/mol. The molecule has 1 rings (SSSR count). The molecule has 0 aliphatic carbocycles. The van der Waals surface area contributed by atoms with Crippen LogP contribution < -0.4 is 5.32 Å². The lowest BCUT2D eigenvalue weighted by Gasteiger charge is -2.10. The van der Waals surface area contributed by atoms with E-state index in [9.17, 15) is 14.5 Å². The van der Waals surface area contributed by atoms with Crippen molar-refractivity contribution in [1.82, 2.24) is 4.90 Å². The van der Waals surface area contributed by atoms with E-state index in [0.29, 0.717) is 6.54 Å². The number of halogens is 2. The van der Waals surface area contributed by atoms with E-state index in [1.807, 2.05) is 14.1 Å². The maximum Gasteiger partial charge on any atom is 0.293 e. The Balaban J connectivity index is 2.62. The molecule has 0 amide bonds. The van der Waals surface area contributed by atoms with Crippen molar-refractivity contribution < 1.29 is 9.31 Å². The van der Waals surface area contributed by atoms with E-state index in [-0.39, 0.29) is 14.9 Å². The quantitative estimate of drug-likeness (QED) is 0.341. The second-order valence-electron chi connectivity index (χ2n) is 4.48. The van der Waals surface area contributed by atoms with Gasteiger partial charge in [0.2, 0.25) is 0 Å². The van der Waals surface area contributed by atoms with Crippen molar-refractivity contribution >= 4 is 34.0 Å². The molecule has 0 bridgehead atoms. The van der Waals surface area contributed by atoms with Gasteiger partial charge in [0.25, 0.3) is 5.69 Å². The molecular weight excluding hydrogens is 364 g/mol. The van der Waals surface area contributed by atoms with Crippen LogP contribution in [-0.2, 0) is 0 Å². The Morgan fingerprint density at radius 2 is 2.11 bits per heavy atom. The Morgan fingerprint density at radius 1 is 1.42 bits per heavy atom. The monoisotopic (exact) mass is 381 g/mol. The molecular formula is C12H17FIN3O2. The molecule has 19 heavy (non-hydrogen) atoms. The molecule has 0 atom stereocenters. The number of hydrogen-bond acceptors (Lipinski definition) is 4. The van der Waals surface area contributed by atoms with Crippen LogP contribution in [0.4, 0.5) is 15.8 Å². The molecule has 7 heteroatoms. The van der Waals surface area contributed by atoms with Gasteiger partial charge >= 0.3 is 0 Å². The molecule has 0 radical (unpaired) electrons. The minimum atomic E-state index is -0.496. The molecule has 5 nitrogen and oxygen atoms in total. The van der Waals surface area contributed by atoms with E-state index >= 15 is 0 Å². The van der Waals surface area contributed by atoms with Gasteiger partial charge in [-0.1, -0.05) is 0 Å². The lowest BCUT2D eigenvalue weighted by atomic mass is 10.2. The van der Waals surface area contributed by atoms with Crippen molar-refractivity contribution in [3.05, 3.63) is 31.6 Å². The minimum Gasteiger partial charge on any atom is -0.379 e. The lowest BCUT2D eigenvalue weighted by Crippen LogP contribution is -2.14. The number of nitrogens with zero attached hydrogens (tertiary/aromatic N) is 2. The molecule has 0 heterocycles. The van der Waals surface area contributed by atoms with E-state index in [2.05, 4.69) is 10.2 Å². The van der Waals surface area contributed by atoms with Gasteiger partial charge in [-0.2, -0.15) is 0 Å². The fourth-order valence-electron chi connectivity index (χ4n) is 1.61. The van der Waals surface area contributed by atoms with Gasteiger partial charge in [-0.05, 0) is 56.1 Å². The van der Waals surface area contributed by atoms with Gasteiger partial charge < -0.3 is 10.2 Å². The van der Waals surface area contributed by atoms with Crippen molar-refractivity contribution in [2.75, 3.05) is 32.5 Å². The molecule has 0 aliphatic heterocycles. The van der Waals surface area contributed by atoms with E-state index in [4.69, 9.17) is 0 Å². The van der Waals surface area contributed by atoms with E-state index < -0.39 is 10.7 Å². The highest BCUT2D eigenvalue weighted by atomic mass is 127. The second kappa shape index (κ2) is 7.59. The van der Waals surface area contributed by atoms with Crippen LogP contribution in [0.1, 0.15) is 12.8 Å². The van der Waals surface area contributed by atoms with Crippen molar-refractivity contribution in [1.29, 1.82) is 0 Å². The Kier molecular flexibility index (Phi) is 6.43. The third kappa shape index (κ3) is 5.27. The number of rotatable bonds is 7. The number of anilines is 1. The van der Waals surface area contributed by atoms with Crippen molar-refractivity contribution in [2.45, 2.75) is 12.8 Å².